The highest BCUT2D eigenvalue weighted by Crippen LogP contribution is 2.20. The maximum atomic E-state index is 6.55. The largest absolute Gasteiger partial charge is 0.494 e. The highest BCUT2D eigenvalue weighted by Gasteiger charge is 2.34. The fourth-order valence-corrected chi connectivity index (χ4v) is 10.1. The Kier molecular flexibility index (Phi) is 6.49. The minimum atomic E-state index is -1.93. The fraction of sp³-hybridized carbons (Fsp3) is 0.400. The molecule has 2 rings (SSSR count). The lowest BCUT2D eigenvalue weighted by atomic mass is 10.2. The highest BCUT2D eigenvalue weighted by molar-refractivity contribution is 6.84. The molecule has 5 heteroatoms. The topological polar surface area (TPSA) is 27.7 Å². The third kappa shape index (κ3) is 7.06. The molecule has 0 heterocycles. The number of benzene rings is 2. The minimum Gasteiger partial charge on any atom is -0.494 e. The van der Waals surface area contributed by atoms with Gasteiger partial charge in [-0.25, -0.2) is 0 Å². The van der Waals surface area contributed by atoms with Crippen molar-refractivity contribution in [3.05, 3.63) is 59.7 Å². The van der Waals surface area contributed by atoms with Gasteiger partial charge in [0.15, 0.2) is 0 Å². The van der Waals surface area contributed by atoms with Gasteiger partial charge in [-0.15, -0.1) is 0 Å². The molecule has 0 aliphatic rings. The minimum absolute atomic E-state index is 0.650. The lowest BCUT2D eigenvalue weighted by molar-refractivity contribution is 0.329. The summed E-state index contributed by atoms with van der Waals surface area (Å²) in [4.78, 5) is 0. The molecular weight excluding hydrogens is 344 g/mol. The van der Waals surface area contributed by atoms with Crippen molar-refractivity contribution in [1.29, 1.82) is 0 Å². The van der Waals surface area contributed by atoms with Crippen molar-refractivity contribution in [2.45, 2.75) is 40.0 Å². The molecule has 0 N–H and O–H groups in total. The van der Waals surface area contributed by atoms with E-state index in [2.05, 4.69) is 64.3 Å². The third-order valence-corrected chi connectivity index (χ3v) is 9.84. The van der Waals surface area contributed by atoms with E-state index in [-0.39, 0.29) is 0 Å². The van der Waals surface area contributed by atoms with E-state index in [4.69, 9.17) is 13.6 Å². The molecule has 0 aliphatic carbocycles. The lowest BCUT2D eigenvalue weighted by Gasteiger charge is -2.33. The maximum Gasteiger partial charge on any atom is 0.213 e. The monoisotopic (exact) mass is 374 g/mol. The highest BCUT2D eigenvalue weighted by atomic mass is 28.4. The van der Waals surface area contributed by atoms with Gasteiger partial charge in [0.2, 0.25) is 16.6 Å². The molecular formula is C20H30O3Si2. The van der Waals surface area contributed by atoms with Gasteiger partial charge in [-0.2, -0.15) is 0 Å². The van der Waals surface area contributed by atoms with Crippen LogP contribution >= 0.6 is 0 Å². The zero-order chi connectivity index (χ0) is 18.5. The number of rotatable bonds is 8. The van der Waals surface area contributed by atoms with E-state index in [0.717, 1.165) is 11.5 Å². The van der Waals surface area contributed by atoms with Crippen LogP contribution in [0.25, 0.3) is 0 Å². The fourth-order valence-electron chi connectivity index (χ4n) is 2.66. The van der Waals surface area contributed by atoms with Crippen LogP contribution in [0.4, 0.5) is 0 Å². The Bertz CT molecular complexity index is 682. The van der Waals surface area contributed by atoms with Crippen molar-refractivity contribution in [1.82, 2.24) is 0 Å². The molecule has 2 aromatic rings. The first kappa shape index (κ1) is 19.8. The summed E-state index contributed by atoms with van der Waals surface area (Å²) in [5.41, 5.74) is 2.45. The molecule has 0 spiro atoms. The molecule has 0 aromatic heterocycles. The average molecular weight is 375 g/mol. The van der Waals surface area contributed by atoms with E-state index < -0.39 is 16.6 Å². The van der Waals surface area contributed by atoms with Gasteiger partial charge in [0.1, 0.15) is 24.0 Å². The normalized spacial score (nSPS) is 12.1. The van der Waals surface area contributed by atoms with Crippen LogP contribution in [-0.2, 0) is 4.12 Å². The van der Waals surface area contributed by atoms with Crippen molar-refractivity contribution >= 4 is 16.6 Å². The van der Waals surface area contributed by atoms with E-state index in [1.54, 1.807) is 0 Å². The first-order valence-electron chi connectivity index (χ1n) is 8.74. The van der Waals surface area contributed by atoms with Crippen molar-refractivity contribution < 1.29 is 13.6 Å². The van der Waals surface area contributed by atoms with Crippen molar-refractivity contribution in [2.24, 2.45) is 0 Å². The first-order chi connectivity index (χ1) is 11.7. The zero-order valence-corrected chi connectivity index (χ0v) is 18.3. The van der Waals surface area contributed by atoms with Crippen LogP contribution in [0.1, 0.15) is 11.1 Å². The predicted molar refractivity (Wildman–Crippen MR) is 109 cm³/mol. The summed E-state index contributed by atoms with van der Waals surface area (Å²) in [5, 5.41) is 0. The third-order valence-electron chi connectivity index (χ3n) is 3.74. The Balaban J connectivity index is 1.87. The van der Waals surface area contributed by atoms with Crippen LogP contribution < -0.4 is 9.47 Å². The number of hydrogen-bond donors (Lipinski definition) is 0. The van der Waals surface area contributed by atoms with Gasteiger partial charge in [-0.3, -0.25) is 0 Å². The molecule has 3 nitrogen and oxygen atoms in total. The van der Waals surface area contributed by atoms with Gasteiger partial charge in [0, 0.05) is 0 Å². The summed E-state index contributed by atoms with van der Waals surface area (Å²) in [7, 11) is -3.85. The Morgan fingerprint density at radius 3 is 1.80 bits per heavy atom. The molecule has 0 atom stereocenters. The van der Waals surface area contributed by atoms with E-state index in [1.165, 1.54) is 11.1 Å². The molecule has 0 fully saturated rings. The second kappa shape index (κ2) is 8.21. The summed E-state index contributed by atoms with van der Waals surface area (Å²) in [5.74, 6) is 1.82. The van der Waals surface area contributed by atoms with Crippen LogP contribution in [0.2, 0.25) is 26.2 Å². The van der Waals surface area contributed by atoms with E-state index >= 15 is 0 Å². The summed E-state index contributed by atoms with van der Waals surface area (Å²) in [6.07, 6.45) is 1.30. The second-order valence-electron chi connectivity index (χ2n) is 7.83. The Morgan fingerprint density at radius 2 is 1.24 bits per heavy atom. The second-order valence-corrected chi connectivity index (χ2v) is 16.3. The molecule has 25 heavy (non-hydrogen) atoms. The summed E-state index contributed by atoms with van der Waals surface area (Å²) >= 11 is 0. The van der Waals surface area contributed by atoms with Crippen LogP contribution in [0.5, 0.6) is 11.5 Å². The van der Waals surface area contributed by atoms with Crippen LogP contribution in [0, 0.1) is 13.8 Å². The van der Waals surface area contributed by atoms with E-state index in [1.807, 2.05) is 24.3 Å². The summed E-state index contributed by atoms with van der Waals surface area (Å²) in [6, 6.07) is 16.3. The van der Waals surface area contributed by atoms with Gasteiger partial charge < -0.3 is 13.6 Å². The summed E-state index contributed by atoms with van der Waals surface area (Å²) in [6.45, 7) is 13.0. The molecule has 136 valence electrons. The Morgan fingerprint density at radius 1 is 0.680 bits per heavy atom. The number of hydrogen-bond acceptors (Lipinski definition) is 3. The van der Waals surface area contributed by atoms with E-state index in [0.29, 0.717) is 12.5 Å². The predicted octanol–water partition coefficient (Wildman–Crippen LogP) is 5.27. The lowest BCUT2D eigenvalue weighted by Crippen LogP contribution is -2.51. The molecule has 0 radical (unpaired) electrons. The van der Waals surface area contributed by atoms with E-state index in [9.17, 15) is 0 Å². The van der Waals surface area contributed by atoms with Gasteiger partial charge in [0.05, 0.1) is 0 Å². The Labute approximate surface area is 154 Å². The first-order valence-corrected chi connectivity index (χ1v) is 15.0. The number of aryl methyl sites for hydroxylation is 2. The quantitative estimate of drug-likeness (QED) is 0.589. The zero-order valence-electron chi connectivity index (χ0n) is 16.3. The molecule has 0 amide bonds. The average Bonchev–Trinajstić information content (AvgIpc) is 2.52. The van der Waals surface area contributed by atoms with Crippen LogP contribution in [0.3, 0.4) is 0 Å². The summed E-state index contributed by atoms with van der Waals surface area (Å²) < 4.78 is 18.5. The van der Waals surface area contributed by atoms with Crippen molar-refractivity contribution in [2.75, 3.05) is 12.5 Å². The van der Waals surface area contributed by atoms with Gasteiger partial charge in [-0.1, -0.05) is 29.8 Å². The maximum absolute atomic E-state index is 6.55. The smallest absolute Gasteiger partial charge is 0.213 e. The Hall–Kier alpha value is -1.57. The molecule has 2 aromatic carbocycles. The molecule has 0 unspecified atom stereocenters. The van der Waals surface area contributed by atoms with Crippen LogP contribution in [-0.4, -0.2) is 29.1 Å². The van der Waals surface area contributed by atoms with Crippen molar-refractivity contribution in [3.8, 4) is 11.5 Å². The number of ether oxygens (including phenoxy) is 2. The molecule has 0 aliphatic heterocycles. The molecule has 0 saturated carbocycles. The standard InChI is InChI=1S/C20H30O3Si2/c1-17-10-12-19(13-11-17)21-15-24(3,4)23-25(5,6)16-22-20-9-7-8-18(2)14-20/h7-14H,15-16H2,1-6H3. The van der Waals surface area contributed by atoms with Gasteiger partial charge >= 0.3 is 0 Å². The molecule has 0 saturated heterocycles. The van der Waals surface area contributed by atoms with Crippen LogP contribution in [0.15, 0.2) is 48.5 Å². The van der Waals surface area contributed by atoms with Gasteiger partial charge in [-0.05, 0) is 69.9 Å². The van der Waals surface area contributed by atoms with Gasteiger partial charge in [0.25, 0.3) is 0 Å². The SMILES string of the molecule is Cc1ccc(OC[Si](C)(C)O[Si](C)(C)COc2cccc(C)c2)cc1. The molecule has 0 bridgehead atoms. The van der Waals surface area contributed by atoms with Crippen molar-refractivity contribution in [3.63, 3.8) is 0 Å².